The molecule has 1 aromatic heterocycles. The molecule has 0 bridgehead atoms. The van der Waals surface area contributed by atoms with Crippen molar-refractivity contribution in [3.05, 3.63) is 53.8 Å². The zero-order valence-electron chi connectivity index (χ0n) is 9.47. The maximum Gasteiger partial charge on any atom is 0.262 e. The molecular formula is C13H11ClN2O2. The predicted molar refractivity (Wildman–Crippen MR) is 69.8 cm³/mol. The van der Waals surface area contributed by atoms with Crippen LogP contribution in [0.15, 0.2) is 48.8 Å². The highest BCUT2D eigenvalue weighted by molar-refractivity contribution is 6.30. The van der Waals surface area contributed by atoms with Gasteiger partial charge < -0.3 is 10.1 Å². The zero-order valence-corrected chi connectivity index (χ0v) is 10.2. The highest BCUT2D eigenvalue weighted by Gasteiger charge is 2.03. The number of ether oxygens (including phenoxy) is 1. The molecule has 1 amide bonds. The Morgan fingerprint density at radius 2 is 2.06 bits per heavy atom. The lowest BCUT2D eigenvalue weighted by Gasteiger charge is -2.07. The number of aromatic nitrogens is 1. The first-order valence-electron chi connectivity index (χ1n) is 5.32. The van der Waals surface area contributed by atoms with Gasteiger partial charge in [0.15, 0.2) is 6.61 Å². The standard InChI is InChI=1S/C13H11ClN2O2/c14-10-2-1-3-12(8-10)18-9-13(17)16-11-4-6-15-7-5-11/h1-8H,9H2,(H,15,16,17). The molecule has 0 saturated heterocycles. The van der Waals surface area contributed by atoms with Crippen molar-refractivity contribution in [2.24, 2.45) is 0 Å². The molecule has 4 nitrogen and oxygen atoms in total. The van der Waals surface area contributed by atoms with E-state index in [9.17, 15) is 4.79 Å². The van der Waals surface area contributed by atoms with Gasteiger partial charge in [0, 0.05) is 23.1 Å². The van der Waals surface area contributed by atoms with E-state index in [4.69, 9.17) is 16.3 Å². The van der Waals surface area contributed by atoms with E-state index in [-0.39, 0.29) is 12.5 Å². The summed E-state index contributed by atoms with van der Waals surface area (Å²) in [5.74, 6) is 0.327. The number of rotatable bonds is 4. The summed E-state index contributed by atoms with van der Waals surface area (Å²) < 4.78 is 5.31. The van der Waals surface area contributed by atoms with Crippen LogP contribution in [-0.2, 0) is 4.79 Å². The number of carbonyl (C=O) groups is 1. The largest absolute Gasteiger partial charge is 0.484 e. The second-order valence-electron chi connectivity index (χ2n) is 3.53. The molecule has 0 radical (unpaired) electrons. The van der Waals surface area contributed by atoms with Gasteiger partial charge in [-0.1, -0.05) is 17.7 Å². The van der Waals surface area contributed by atoms with Crippen molar-refractivity contribution in [3.8, 4) is 5.75 Å². The fraction of sp³-hybridized carbons (Fsp3) is 0.0769. The number of amides is 1. The van der Waals surface area contributed by atoms with Crippen molar-refractivity contribution in [3.63, 3.8) is 0 Å². The van der Waals surface area contributed by atoms with E-state index in [2.05, 4.69) is 10.3 Å². The lowest BCUT2D eigenvalue weighted by Crippen LogP contribution is -2.20. The summed E-state index contributed by atoms with van der Waals surface area (Å²) >= 11 is 5.80. The van der Waals surface area contributed by atoms with E-state index in [0.29, 0.717) is 16.5 Å². The molecule has 0 aliphatic rings. The molecule has 0 saturated carbocycles. The fourth-order valence-corrected chi connectivity index (χ4v) is 1.52. The van der Waals surface area contributed by atoms with Crippen molar-refractivity contribution in [1.29, 1.82) is 0 Å². The molecule has 0 spiro atoms. The molecule has 0 fully saturated rings. The Bertz CT molecular complexity index is 532. The van der Waals surface area contributed by atoms with E-state index in [0.717, 1.165) is 0 Å². The summed E-state index contributed by atoms with van der Waals surface area (Å²) in [4.78, 5) is 15.4. The van der Waals surface area contributed by atoms with Crippen LogP contribution in [0.3, 0.4) is 0 Å². The quantitative estimate of drug-likeness (QED) is 0.922. The number of halogens is 1. The van der Waals surface area contributed by atoms with Crippen molar-refractivity contribution < 1.29 is 9.53 Å². The SMILES string of the molecule is O=C(COc1cccc(Cl)c1)Nc1ccncc1. The number of nitrogens with one attached hydrogen (secondary N) is 1. The molecule has 2 rings (SSSR count). The summed E-state index contributed by atoms with van der Waals surface area (Å²) in [6.45, 7) is -0.0668. The van der Waals surface area contributed by atoms with E-state index in [1.54, 1.807) is 48.8 Å². The molecule has 92 valence electrons. The van der Waals surface area contributed by atoms with Crippen LogP contribution < -0.4 is 10.1 Å². The Morgan fingerprint density at radius 1 is 1.28 bits per heavy atom. The van der Waals surface area contributed by atoms with Gasteiger partial charge in [0.2, 0.25) is 0 Å². The van der Waals surface area contributed by atoms with Gasteiger partial charge >= 0.3 is 0 Å². The first kappa shape index (κ1) is 12.4. The number of carbonyl (C=O) groups excluding carboxylic acids is 1. The minimum absolute atomic E-state index is 0.0668. The third kappa shape index (κ3) is 3.75. The normalized spacial score (nSPS) is 9.83. The van der Waals surface area contributed by atoms with Crippen molar-refractivity contribution >= 4 is 23.2 Å². The Kier molecular flexibility index (Phi) is 4.15. The lowest BCUT2D eigenvalue weighted by molar-refractivity contribution is -0.118. The molecule has 0 aliphatic heterocycles. The van der Waals surface area contributed by atoms with Crippen molar-refractivity contribution in [2.75, 3.05) is 11.9 Å². The van der Waals surface area contributed by atoms with Crippen LogP contribution in [-0.4, -0.2) is 17.5 Å². The summed E-state index contributed by atoms with van der Waals surface area (Å²) in [7, 11) is 0. The molecule has 2 aromatic rings. The average Bonchev–Trinajstić information content (AvgIpc) is 2.38. The fourth-order valence-electron chi connectivity index (χ4n) is 1.34. The van der Waals surface area contributed by atoms with Gasteiger partial charge in [-0.3, -0.25) is 9.78 Å². The van der Waals surface area contributed by atoms with Crippen LogP contribution in [0.4, 0.5) is 5.69 Å². The minimum atomic E-state index is -0.235. The molecular weight excluding hydrogens is 252 g/mol. The number of pyridine rings is 1. The summed E-state index contributed by atoms with van der Waals surface area (Å²) in [5, 5.41) is 3.26. The van der Waals surface area contributed by atoms with E-state index >= 15 is 0 Å². The van der Waals surface area contributed by atoms with Gasteiger partial charge in [-0.05, 0) is 30.3 Å². The van der Waals surface area contributed by atoms with Crippen LogP contribution in [0.25, 0.3) is 0 Å². The molecule has 1 heterocycles. The van der Waals surface area contributed by atoms with Gasteiger partial charge in [-0.2, -0.15) is 0 Å². The highest BCUT2D eigenvalue weighted by Crippen LogP contribution is 2.16. The Balaban J connectivity index is 1.85. The van der Waals surface area contributed by atoms with Crippen molar-refractivity contribution in [2.45, 2.75) is 0 Å². The van der Waals surface area contributed by atoms with Crippen LogP contribution in [0.5, 0.6) is 5.75 Å². The third-order valence-electron chi connectivity index (χ3n) is 2.13. The highest BCUT2D eigenvalue weighted by atomic mass is 35.5. The number of hydrogen-bond donors (Lipinski definition) is 1. The Morgan fingerprint density at radius 3 is 2.78 bits per heavy atom. The summed E-state index contributed by atoms with van der Waals surface area (Å²) in [5.41, 5.74) is 0.685. The molecule has 1 aromatic carbocycles. The Hall–Kier alpha value is -2.07. The maximum absolute atomic E-state index is 11.6. The van der Waals surface area contributed by atoms with E-state index in [1.165, 1.54) is 0 Å². The molecule has 18 heavy (non-hydrogen) atoms. The Labute approximate surface area is 110 Å². The monoisotopic (exact) mass is 262 g/mol. The summed E-state index contributed by atoms with van der Waals surface area (Å²) in [6.07, 6.45) is 3.21. The minimum Gasteiger partial charge on any atom is -0.484 e. The molecule has 0 unspecified atom stereocenters. The van der Waals surface area contributed by atoms with Gasteiger partial charge in [0.25, 0.3) is 5.91 Å². The predicted octanol–water partition coefficient (Wildman–Crippen LogP) is 2.75. The van der Waals surface area contributed by atoms with Crippen LogP contribution in [0.1, 0.15) is 0 Å². The first-order valence-corrected chi connectivity index (χ1v) is 5.70. The average molecular weight is 263 g/mol. The van der Waals surface area contributed by atoms with Gasteiger partial charge in [-0.15, -0.1) is 0 Å². The molecule has 5 heteroatoms. The first-order chi connectivity index (χ1) is 8.74. The van der Waals surface area contributed by atoms with Gasteiger partial charge in [0.1, 0.15) is 5.75 Å². The second-order valence-corrected chi connectivity index (χ2v) is 3.97. The van der Waals surface area contributed by atoms with Crippen LogP contribution in [0.2, 0.25) is 5.02 Å². The molecule has 0 atom stereocenters. The number of hydrogen-bond acceptors (Lipinski definition) is 3. The molecule has 1 N–H and O–H groups in total. The van der Waals surface area contributed by atoms with Gasteiger partial charge in [0.05, 0.1) is 0 Å². The lowest BCUT2D eigenvalue weighted by atomic mass is 10.3. The second kappa shape index (κ2) is 6.02. The topological polar surface area (TPSA) is 51.2 Å². The van der Waals surface area contributed by atoms with Crippen LogP contribution in [0, 0.1) is 0 Å². The molecule has 0 aliphatic carbocycles. The third-order valence-corrected chi connectivity index (χ3v) is 2.37. The number of nitrogens with zero attached hydrogens (tertiary/aromatic N) is 1. The van der Waals surface area contributed by atoms with Crippen LogP contribution >= 0.6 is 11.6 Å². The number of benzene rings is 1. The van der Waals surface area contributed by atoms with E-state index in [1.807, 2.05) is 0 Å². The van der Waals surface area contributed by atoms with Gasteiger partial charge in [-0.25, -0.2) is 0 Å². The summed E-state index contributed by atoms with van der Waals surface area (Å²) in [6, 6.07) is 10.3. The number of anilines is 1. The smallest absolute Gasteiger partial charge is 0.262 e. The van der Waals surface area contributed by atoms with E-state index < -0.39 is 0 Å². The van der Waals surface area contributed by atoms with Crippen molar-refractivity contribution in [1.82, 2.24) is 4.98 Å². The zero-order chi connectivity index (χ0) is 12.8. The maximum atomic E-state index is 11.6.